The molecular formula is C20H18F2N4O4S. The van der Waals surface area contributed by atoms with E-state index in [1.54, 1.807) is 12.1 Å². The van der Waals surface area contributed by atoms with Gasteiger partial charge in [-0.1, -0.05) is 18.2 Å². The van der Waals surface area contributed by atoms with Crippen molar-refractivity contribution in [1.29, 1.82) is 5.41 Å². The first kappa shape index (κ1) is 22.0. The predicted octanol–water partition coefficient (Wildman–Crippen LogP) is 3.91. The quantitative estimate of drug-likeness (QED) is 0.371. The number of rotatable bonds is 7. The van der Waals surface area contributed by atoms with E-state index < -0.39 is 33.4 Å². The Bertz CT molecular complexity index is 1270. The normalized spacial score (nSPS) is 11.1. The number of halogens is 2. The van der Waals surface area contributed by atoms with E-state index in [1.165, 1.54) is 43.3 Å². The summed E-state index contributed by atoms with van der Waals surface area (Å²) in [7, 11) is -3.53. The van der Waals surface area contributed by atoms with Crippen LogP contribution in [0.2, 0.25) is 0 Å². The topological polar surface area (TPSA) is 127 Å². The van der Waals surface area contributed by atoms with Crippen molar-refractivity contribution in [1.82, 2.24) is 4.98 Å². The summed E-state index contributed by atoms with van der Waals surface area (Å²) in [6.07, 6.45) is 0.982. The number of nitrogens with zero attached hydrogens (tertiary/aromatic N) is 1. The molecule has 1 aromatic heterocycles. The Hall–Kier alpha value is -3.73. The number of ether oxygens (including phenoxy) is 2. The number of nitrogens with one attached hydrogen (secondary N) is 2. The average molecular weight is 448 g/mol. The molecule has 8 nitrogen and oxygen atoms in total. The Morgan fingerprint density at radius 3 is 2.13 bits per heavy atom. The Labute approximate surface area is 177 Å². The van der Waals surface area contributed by atoms with Crippen molar-refractivity contribution >= 4 is 21.5 Å². The highest BCUT2D eigenvalue weighted by atomic mass is 32.2. The molecule has 162 valence electrons. The molecule has 0 amide bonds. The predicted molar refractivity (Wildman–Crippen MR) is 111 cm³/mol. The van der Waals surface area contributed by atoms with Gasteiger partial charge in [0.15, 0.2) is 11.6 Å². The van der Waals surface area contributed by atoms with Crippen LogP contribution in [0.15, 0.2) is 48.5 Å². The second kappa shape index (κ2) is 8.56. The van der Waals surface area contributed by atoms with E-state index in [0.717, 1.165) is 6.26 Å². The molecule has 0 aliphatic carbocycles. The Kier molecular flexibility index (Phi) is 6.07. The van der Waals surface area contributed by atoms with Crippen LogP contribution in [0, 0.1) is 24.0 Å². The molecule has 2 aromatic carbocycles. The summed E-state index contributed by atoms with van der Waals surface area (Å²) in [5.41, 5.74) is 5.60. The number of aromatic nitrogens is 1. The minimum Gasteiger partial charge on any atom is -0.436 e. The largest absolute Gasteiger partial charge is 0.436 e. The van der Waals surface area contributed by atoms with Gasteiger partial charge in [0.05, 0.1) is 11.9 Å². The fraction of sp³-hybridized carbons (Fsp3) is 0.100. The van der Waals surface area contributed by atoms with Gasteiger partial charge in [-0.2, -0.15) is 4.98 Å². The number of sulfonamides is 1. The highest BCUT2D eigenvalue weighted by molar-refractivity contribution is 7.92. The number of hydrogen-bond donors (Lipinski definition) is 3. The lowest BCUT2D eigenvalue weighted by Gasteiger charge is -2.13. The molecule has 0 aliphatic heterocycles. The number of benzene rings is 2. The van der Waals surface area contributed by atoms with Crippen LogP contribution < -0.4 is 19.9 Å². The molecular weight excluding hydrogens is 430 g/mol. The van der Waals surface area contributed by atoms with Gasteiger partial charge in [0, 0.05) is 17.2 Å². The minimum absolute atomic E-state index is 0.0654. The molecule has 0 aliphatic rings. The fourth-order valence-corrected chi connectivity index (χ4v) is 3.09. The summed E-state index contributed by atoms with van der Waals surface area (Å²) in [6, 6.07) is 11.8. The standard InChI is InChI=1S/C20H18F2N4O4S/c1-11-16(21)19(29-14-7-3-5-12(9-14)18(23)24)25-20(17(11)22)30-15-8-4-6-13(10-15)26-31(2,27)28/h3-10,26H,1-2H3,(H3,23,24). The monoisotopic (exact) mass is 448 g/mol. The van der Waals surface area contributed by atoms with Gasteiger partial charge >= 0.3 is 0 Å². The lowest BCUT2D eigenvalue weighted by molar-refractivity contribution is 0.373. The first-order valence-corrected chi connectivity index (χ1v) is 10.7. The zero-order valence-electron chi connectivity index (χ0n) is 16.4. The third-order valence-corrected chi connectivity index (χ3v) is 4.55. The number of pyridine rings is 1. The summed E-state index contributed by atoms with van der Waals surface area (Å²) in [4.78, 5) is 3.78. The molecule has 31 heavy (non-hydrogen) atoms. The van der Waals surface area contributed by atoms with Gasteiger partial charge in [0.2, 0.25) is 10.0 Å². The third kappa shape index (κ3) is 5.45. The van der Waals surface area contributed by atoms with Crippen molar-refractivity contribution in [3.8, 4) is 23.3 Å². The van der Waals surface area contributed by atoms with E-state index in [2.05, 4.69) is 9.71 Å². The lowest BCUT2D eigenvalue weighted by Crippen LogP contribution is -2.10. The molecule has 0 radical (unpaired) electrons. The van der Waals surface area contributed by atoms with E-state index in [-0.39, 0.29) is 28.6 Å². The Morgan fingerprint density at radius 1 is 1.03 bits per heavy atom. The van der Waals surface area contributed by atoms with Crippen molar-refractivity contribution in [3.05, 3.63) is 71.3 Å². The third-order valence-electron chi connectivity index (χ3n) is 3.95. The number of anilines is 1. The van der Waals surface area contributed by atoms with Gasteiger partial charge in [-0.05, 0) is 31.2 Å². The van der Waals surface area contributed by atoms with Gasteiger partial charge in [-0.15, -0.1) is 0 Å². The molecule has 3 aromatic rings. The molecule has 3 rings (SSSR count). The molecule has 0 saturated carbocycles. The number of nitrogen functional groups attached to an aromatic ring is 1. The maximum atomic E-state index is 14.6. The Morgan fingerprint density at radius 2 is 1.58 bits per heavy atom. The lowest BCUT2D eigenvalue weighted by atomic mass is 10.2. The fourth-order valence-electron chi connectivity index (χ4n) is 2.53. The van der Waals surface area contributed by atoms with E-state index in [9.17, 15) is 17.2 Å². The van der Waals surface area contributed by atoms with E-state index in [0.29, 0.717) is 5.56 Å². The van der Waals surface area contributed by atoms with Crippen molar-refractivity contribution < 1.29 is 26.7 Å². The van der Waals surface area contributed by atoms with Gasteiger partial charge in [0.25, 0.3) is 11.8 Å². The summed E-state index contributed by atoms with van der Waals surface area (Å²) < 4.78 is 65.0. The maximum Gasteiger partial charge on any atom is 0.259 e. The minimum atomic E-state index is -3.53. The summed E-state index contributed by atoms with van der Waals surface area (Å²) in [5, 5.41) is 7.47. The number of hydrogen-bond acceptors (Lipinski definition) is 6. The van der Waals surface area contributed by atoms with Crippen LogP contribution in [0.3, 0.4) is 0 Å². The van der Waals surface area contributed by atoms with E-state index in [1.807, 2.05) is 0 Å². The highest BCUT2D eigenvalue weighted by Gasteiger charge is 2.21. The van der Waals surface area contributed by atoms with Crippen LogP contribution in [0.25, 0.3) is 0 Å². The zero-order chi connectivity index (χ0) is 22.8. The van der Waals surface area contributed by atoms with Crippen LogP contribution in [-0.2, 0) is 10.0 Å². The maximum absolute atomic E-state index is 14.6. The van der Waals surface area contributed by atoms with Crippen molar-refractivity contribution in [2.45, 2.75) is 6.92 Å². The van der Waals surface area contributed by atoms with Crippen LogP contribution in [0.5, 0.6) is 23.3 Å². The van der Waals surface area contributed by atoms with Gasteiger partial charge in [0.1, 0.15) is 17.3 Å². The number of nitrogens with two attached hydrogens (primary N) is 1. The highest BCUT2D eigenvalue weighted by Crippen LogP contribution is 2.33. The summed E-state index contributed by atoms with van der Waals surface area (Å²) in [5.74, 6) is -3.17. The SMILES string of the molecule is Cc1c(F)c(Oc2cccc(NS(C)(=O)=O)c2)nc(Oc2cccc(C(=N)N)c2)c1F. The van der Waals surface area contributed by atoms with Crippen molar-refractivity contribution in [2.75, 3.05) is 11.0 Å². The molecule has 0 bridgehead atoms. The second-order valence-electron chi connectivity index (χ2n) is 6.52. The molecule has 0 unspecified atom stereocenters. The smallest absolute Gasteiger partial charge is 0.259 e. The summed E-state index contributed by atoms with van der Waals surface area (Å²) in [6.45, 7) is 1.19. The first-order chi connectivity index (χ1) is 14.5. The van der Waals surface area contributed by atoms with Crippen LogP contribution in [0.4, 0.5) is 14.5 Å². The second-order valence-corrected chi connectivity index (χ2v) is 8.27. The molecule has 0 saturated heterocycles. The molecule has 11 heteroatoms. The molecule has 4 N–H and O–H groups in total. The molecule has 0 fully saturated rings. The number of amidine groups is 1. The van der Waals surface area contributed by atoms with Crippen LogP contribution in [-0.4, -0.2) is 25.5 Å². The van der Waals surface area contributed by atoms with Crippen LogP contribution in [0.1, 0.15) is 11.1 Å². The summed E-state index contributed by atoms with van der Waals surface area (Å²) >= 11 is 0. The molecule has 0 atom stereocenters. The first-order valence-electron chi connectivity index (χ1n) is 8.77. The van der Waals surface area contributed by atoms with Gasteiger partial charge in [-0.3, -0.25) is 10.1 Å². The van der Waals surface area contributed by atoms with E-state index >= 15 is 0 Å². The van der Waals surface area contributed by atoms with Crippen molar-refractivity contribution in [2.24, 2.45) is 5.73 Å². The Balaban J connectivity index is 1.94. The molecule has 1 heterocycles. The van der Waals surface area contributed by atoms with Crippen LogP contribution >= 0.6 is 0 Å². The van der Waals surface area contributed by atoms with Crippen molar-refractivity contribution in [3.63, 3.8) is 0 Å². The van der Waals surface area contributed by atoms with E-state index in [4.69, 9.17) is 20.6 Å². The zero-order valence-corrected chi connectivity index (χ0v) is 17.3. The molecule has 0 spiro atoms. The van der Waals surface area contributed by atoms with Gasteiger partial charge in [-0.25, -0.2) is 17.2 Å². The van der Waals surface area contributed by atoms with Gasteiger partial charge < -0.3 is 15.2 Å². The average Bonchev–Trinajstić information content (AvgIpc) is 2.69.